The van der Waals surface area contributed by atoms with Crippen LogP contribution in [0.4, 0.5) is 5.00 Å². The molecule has 0 bridgehead atoms. The Morgan fingerprint density at radius 1 is 1.50 bits per heavy atom. The number of nitriles is 1. The van der Waals surface area contributed by atoms with Crippen LogP contribution in [0.25, 0.3) is 9.40 Å². The van der Waals surface area contributed by atoms with Gasteiger partial charge in [-0.2, -0.15) is 5.26 Å². The topological polar surface area (TPSA) is 49.8 Å². The molecule has 14 heavy (non-hydrogen) atoms. The minimum absolute atomic E-state index is 0.449. The number of fused-ring (bicyclic) bond motifs is 1. The summed E-state index contributed by atoms with van der Waals surface area (Å²) in [6, 6.07) is 2.19. The van der Waals surface area contributed by atoms with Crippen LogP contribution in [-0.4, -0.2) is 0 Å². The third kappa shape index (κ3) is 1.21. The van der Waals surface area contributed by atoms with Gasteiger partial charge in [-0.3, -0.25) is 0 Å². The highest BCUT2D eigenvalue weighted by molar-refractivity contribution is 7.39. The van der Waals surface area contributed by atoms with Gasteiger partial charge in [-0.05, 0) is 16.9 Å². The first kappa shape index (κ1) is 9.50. The molecule has 0 radical (unpaired) electrons. The van der Waals surface area contributed by atoms with Crippen molar-refractivity contribution in [3.05, 3.63) is 16.5 Å². The fraction of sp³-hybridized carbons (Fsp3) is 0.300. The molecular weight excluding hydrogens is 212 g/mol. The van der Waals surface area contributed by atoms with Crippen molar-refractivity contribution < 1.29 is 0 Å². The van der Waals surface area contributed by atoms with Gasteiger partial charge in [0.25, 0.3) is 0 Å². The molecule has 2 nitrogen and oxygen atoms in total. The van der Waals surface area contributed by atoms with Crippen LogP contribution in [-0.2, 0) is 0 Å². The van der Waals surface area contributed by atoms with Gasteiger partial charge < -0.3 is 5.73 Å². The maximum atomic E-state index is 9.01. The van der Waals surface area contributed by atoms with Crippen molar-refractivity contribution in [2.75, 3.05) is 5.73 Å². The van der Waals surface area contributed by atoms with Crippen molar-refractivity contribution in [2.45, 2.75) is 19.8 Å². The Balaban J connectivity index is 2.83. The molecule has 72 valence electrons. The second-order valence-corrected chi connectivity index (χ2v) is 5.65. The molecule has 2 N–H and O–H groups in total. The Kier molecular flexibility index (Phi) is 2.22. The van der Waals surface area contributed by atoms with E-state index in [1.165, 1.54) is 20.9 Å². The van der Waals surface area contributed by atoms with Gasteiger partial charge in [-0.15, -0.1) is 22.7 Å². The number of nitrogens with zero attached hydrogens (tertiary/aromatic N) is 1. The third-order valence-electron chi connectivity index (χ3n) is 2.22. The summed E-state index contributed by atoms with van der Waals surface area (Å²) in [6.45, 7) is 4.27. The summed E-state index contributed by atoms with van der Waals surface area (Å²) in [7, 11) is 0. The van der Waals surface area contributed by atoms with E-state index in [4.69, 9.17) is 11.0 Å². The first-order valence-electron chi connectivity index (χ1n) is 4.34. The molecule has 0 amide bonds. The van der Waals surface area contributed by atoms with E-state index < -0.39 is 0 Å². The van der Waals surface area contributed by atoms with Gasteiger partial charge in [-0.25, -0.2) is 0 Å². The standard InChI is InChI=1S/C10H10N2S2/c1-5(2)7-4-13-10-8(7)6(3-11)9(12)14-10/h4-5H,12H2,1-2H3. The maximum absolute atomic E-state index is 9.01. The number of hydrogen-bond acceptors (Lipinski definition) is 4. The summed E-state index contributed by atoms with van der Waals surface area (Å²) in [5.41, 5.74) is 7.69. The van der Waals surface area contributed by atoms with Crippen molar-refractivity contribution in [1.82, 2.24) is 0 Å². The Hall–Kier alpha value is -1.05. The van der Waals surface area contributed by atoms with E-state index in [1.54, 1.807) is 11.3 Å². The Morgan fingerprint density at radius 2 is 2.21 bits per heavy atom. The number of hydrogen-bond donors (Lipinski definition) is 1. The lowest BCUT2D eigenvalue weighted by molar-refractivity contribution is 0.880. The quantitative estimate of drug-likeness (QED) is 0.802. The predicted octanol–water partition coefficient (Wildman–Crippen LogP) is 3.54. The highest BCUT2D eigenvalue weighted by Crippen LogP contribution is 2.41. The average Bonchev–Trinajstić information content (AvgIpc) is 2.61. The number of nitrogens with two attached hydrogens (primary N) is 1. The van der Waals surface area contributed by atoms with Gasteiger partial charge in [0, 0.05) is 5.39 Å². The summed E-state index contributed by atoms with van der Waals surface area (Å²) >= 11 is 3.20. The van der Waals surface area contributed by atoms with Crippen LogP contribution in [0.5, 0.6) is 0 Å². The lowest BCUT2D eigenvalue weighted by Crippen LogP contribution is -1.87. The number of anilines is 1. The fourth-order valence-corrected chi connectivity index (χ4v) is 3.82. The van der Waals surface area contributed by atoms with E-state index >= 15 is 0 Å². The van der Waals surface area contributed by atoms with Crippen LogP contribution < -0.4 is 5.73 Å². The number of nitrogen functional groups attached to an aromatic ring is 1. The van der Waals surface area contributed by atoms with Crippen molar-refractivity contribution in [3.63, 3.8) is 0 Å². The zero-order valence-electron chi connectivity index (χ0n) is 8.00. The van der Waals surface area contributed by atoms with Crippen molar-refractivity contribution in [1.29, 1.82) is 5.26 Å². The van der Waals surface area contributed by atoms with E-state index in [9.17, 15) is 0 Å². The van der Waals surface area contributed by atoms with Crippen LogP contribution >= 0.6 is 22.7 Å². The lowest BCUT2D eigenvalue weighted by atomic mass is 10.0. The Labute approximate surface area is 90.6 Å². The molecule has 0 saturated carbocycles. The van der Waals surface area contributed by atoms with E-state index in [-0.39, 0.29) is 0 Å². The number of thiophene rings is 2. The molecule has 2 heterocycles. The van der Waals surface area contributed by atoms with Gasteiger partial charge in [0.05, 0.1) is 9.58 Å². The highest BCUT2D eigenvalue weighted by atomic mass is 32.2. The molecule has 0 aliphatic rings. The second kappa shape index (κ2) is 3.26. The van der Waals surface area contributed by atoms with Crippen molar-refractivity contribution in [2.24, 2.45) is 0 Å². The molecule has 2 rings (SSSR count). The predicted molar refractivity (Wildman–Crippen MR) is 62.9 cm³/mol. The van der Waals surface area contributed by atoms with Gasteiger partial charge in [0.2, 0.25) is 0 Å². The van der Waals surface area contributed by atoms with Crippen molar-refractivity contribution in [3.8, 4) is 6.07 Å². The van der Waals surface area contributed by atoms with E-state index in [0.29, 0.717) is 16.5 Å². The average molecular weight is 222 g/mol. The molecular formula is C10H10N2S2. The first-order valence-corrected chi connectivity index (χ1v) is 6.04. The minimum Gasteiger partial charge on any atom is -0.389 e. The second-order valence-electron chi connectivity index (χ2n) is 3.46. The maximum Gasteiger partial charge on any atom is 0.106 e. The van der Waals surface area contributed by atoms with Crippen LogP contribution in [0.3, 0.4) is 0 Å². The van der Waals surface area contributed by atoms with E-state index in [0.717, 1.165) is 5.39 Å². The molecule has 0 aliphatic heterocycles. The van der Waals surface area contributed by atoms with Crippen LogP contribution in [0.15, 0.2) is 5.38 Å². The van der Waals surface area contributed by atoms with Gasteiger partial charge in [-0.1, -0.05) is 13.8 Å². The molecule has 0 spiro atoms. The molecule has 4 heteroatoms. The SMILES string of the molecule is CC(C)c1csc2sc(N)c(C#N)c12. The lowest BCUT2D eigenvalue weighted by Gasteiger charge is -2.00. The summed E-state index contributed by atoms with van der Waals surface area (Å²) in [5.74, 6) is 0.449. The molecule has 0 aromatic carbocycles. The molecule has 2 aromatic heterocycles. The summed E-state index contributed by atoms with van der Waals surface area (Å²) in [6.07, 6.45) is 0. The van der Waals surface area contributed by atoms with Crippen LogP contribution in [0.2, 0.25) is 0 Å². The zero-order chi connectivity index (χ0) is 10.3. The molecule has 2 aromatic rings. The number of rotatable bonds is 1. The zero-order valence-corrected chi connectivity index (χ0v) is 9.63. The smallest absolute Gasteiger partial charge is 0.106 e. The largest absolute Gasteiger partial charge is 0.389 e. The van der Waals surface area contributed by atoms with Gasteiger partial charge in [0.1, 0.15) is 11.1 Å². The Bertz CT molecular complexity index is 514. The van der Waals surface area contributed by atoms with E-state index in [1.807, 2.05) is 0 Å². The third-order valence-corrected chi connectivity index (χ3v) is 4.36. The van der Waals surface area contributed by atoms with Crippen LogP contribution in [0.1, 0.15) is 30.9 Å². The molecule has 0 atom stereocenters. The fourth-order valence-electron chi connectivity index (χ4n) is 1.48. The van der Waals surface area contributed by atoms with Gasteiger partial charge >= 0.3 is 0 Å². The van der Waals surface area contributed by atoms with Gasteiger partial charge in [0.15, 0.2) is 0 Å². The van der Waals surface area contributed by atoms with Crippen LogP contribution in [0, 0.1) is 11.3 Å². The molecule has 0 fully saturated rings. The minimum atomic E-state index is 0.449. The molecule has 0 saturated heterocycles. The summed E-state index contributed by atoms with van der Waals surface area (Å²) < 4.78 is 1.17. The normalized spacial score (nSPS) is 11.0. The highest BCUT2D eigenvalue weighted by Gasteiger charge is 2.16. The molecule has 0 aliphatic carbocycles. The van der Waals surface area contributed by atoms with E-state index in [2.05, 4.69) is 25.3 Å². The van der Waals surface area contributed by atoms with Crippen molar-refractivity contribution >= 4 is 37.1 Å². The monoisotopic (exact) mass is 222 g/mol. The summed E-state index contributed by atoms with van der Waals surface area (Å²) in [4.78, 5) is 0. The molecule has 0 unspecified atom stereocenters. The Morgan fingerprint density at radius 3 is 2.79 bits per heavy atom. The first-order chi connectivity index (χ1) is 6.65. The summed E-state index contributed by atoms with van der Waals surface area (Å²) in [5, 5.41) is 12.9.